The first kappa shape index (κ1) is 44.6. The maximum absolute atomic E-state index is 13.9. The molecule has 52 heavy (non-hydrogen) atoms. The second-order valence-electron chi connectivity index (χ2n) is 12.8. The Balaban J connectivity index is 3.44. The molecule has 0 aliphatic heterocycles. The number of primary amides is 2. The molecule has 290 valence electrons. The highest BCUT2D eigenvalue weighted by Gasteiger charge is 2.33. The number of nitrogens with one attached hydrogen (secondary N) is 5. The molecule has 0 aliphatic carbocycles. The predicted octanol–water partition coefficient (Wildman–Crippen LogP) is -3.03. The quantitative estimate of drug-likeness (QED) is 0.0288. The van der Waals surface area contributed by atoms with Crippen LogP contribution in [0.3, 0.4) is 0 Å². The predicted molar refractivity (Wildman–Crippen MR) is 192 cm³/mol. The first-order valence-corrected chi connectivity index (χ1v) is 17.0. The molecule has 7 amide bonds. The molecule has 1 rings (SSSR count). The van der Waals surface area contributed by atoms with Gasteiger partial charge in [-0.25, -0.2) is 0 Å². The molecule has 0 heterocycles. The summed E-state index contributed by atoms with van der Waals surface area (Å²) < 4.78 is 0. The summed E-state index contributed by atoms with van der Waals surface area (Å²) in [6.07, 6.45) is 0.956. The maximum atomic E-state index is 13.9. The number of guanidine groups is 1. The lowest BCUT2D eigenvalue weighted by atomic mass is 10.0. The van der Waals surface area contributed by atoms with Crippen LogP contribution in [0, 0.1) is 5.92 Å². The number of carbonyl (C=O) groups excluding carboxylic acids is 7. The zero-order chi connectivity index (χ0) is 39.4. The number of unbranched alkanes of at least 4 members (excludes halogenated alkanes) is 1. The Morgan fingerprint density at radius 2 is 1.19 bits per heavy atom. The van der Waals surface area contributed by atoms with Crippen molar-refractivity contribution in [1.29, 1.82) is 0 Å². The van der Waals surface area contributed by atoms with Crippen molar-refractivity contribution in [3.8, 4) is 5.75 Å². The van der Waals surface area contributed by atoms with Crippen molar-refractivity contribution in [3.05, 3.63) is 29.8 Å². The van der Waals surface area contributed by atoms with E-state index in [-0.39, 0.29) is 56.3 Å². The van der Waals surface area contributed by atoms with Crippen LogP contribution in [0.15, 0.2) is 29.3 Å². The van der Waals surface area contributed by atoms with Crippen molar-refractivity contribution >= 4 is 47.3 Å². The number of amides is 7. The Morgan fingerprint density at radius 1 is 0.692 bits per heavy atom. The van der Waals surface area contributed by atoms with Gasteiger partial charge in [-0.15, -0.1) is 0 Å². The summed E-state index contributed by atoms with van der Waals surface area (Å²) in [5, 5.41) is 22.5. The van der Waals surface area contributed by atoms with Gasteiger partial charge >= 0.3 is 0 Å². The van der Waals surface area contributed by atoms with Gasteiger partial charge in [0, 0.05) is 19.9 Å². The molecule has 0 saturated carbocycles. The molecular formula is C33H55N11O8. The number of nitrogens with zero attached hydrogens (tertiary/aromatic N) is 1. The van der Waals surface area contributed by atoms with Gasteiger partial charge in [0.1, 0.15) is 36.0 Å². The Labute approximate surface area is 303 Å². The summed E-state index contributed by atoms with van der Waals surface area (Å²) in [6.45, 7) is 5.34. The van der Waals surface area contributed by atoms with Gasteiger partial charge in [0.25, 0.3) is 0 Å². The van der Waals surface area contributed by atoms with Crippen molar-refractivity contribution in [3.63, 3.8) is 0 Å². The number of phenols is 1. The third kappa shape index (κ3) is 18.0. The summed E-state index contributed by atoms with van der Waals surface area (Å²) >= 11 is 0. The summed E-state index contributed by atoms with van der Waals surface area (Å²) in [6, 6.07) is -0.551. The minimum Gasteiger partial charge on any atom is -0.508 e. The summed E-state index contributed by atoms with van der Waals surface area (Å²) in [5.74, 6) is -5.78. The second-order valence-corrected chi connectivity index (χ2v) is 12.8. The monoisotopic (exact) mass is 733 g/mol. The van der Waals surface area contributed by atoms with Crippen LogP contribution in [0.4, 0.5) is 0 Å². The smallest absolute Gasteiger partial charge is 0.243 e. The van der Waals surface area contributed by atoms with Crippen molar-refractivity contribution < 1.29 is 38.7 Å². The van der Waals surface area contributed by atoms with E-state index in [4.69, 9.17) is 28.7 Å². The fourth-order valence-electron chi connectivity index (χ4n) is 5.07. The molecule has 1 aromatic rings. The lowest BCUT2D eigenvalue weighted by Gasteiger charge is -2.27. The zero-order valence-electron chi connectivity index (χ0n) is 30.0. The van der Waals surface area contributed by atoms with Crippen molar-refractivity contribution in [2.75, 3.05) is 13.1 Å². The van der Waals surface area contributed by atoms with Gasteiger partial charge in [0.05, 0.1) is 6.42 Å². The highest BCUT2D eigenvalue weighted by atomic mass is 16.3. The Hall–Kier alpha value is -5.46. The van der Waals surface area contributed by atoms with Crippen LogP contribution in [-0.4, -0.2) is 95.7 Å². The molecule has 0 unspecified atom stereocenters. The SMILES string of the molecule is CC(=O)N[C@@H](CCCCN)C(=O)N[C@@H](CCCN=C(N)N)C(=O)N[C@@H](Cc1ccc(O)cc1)C(=O)N[C@@H](CC(N)=O)C(=O)N[C@@H](CC(C)C)C(N)=O. The Bertz CT molecular complexity index is 1400. The average molecular weight is 734 g/mol. The van der Waals surface area contributed by atoms with Crippen molar-refractivity contribution in [2.24, 2.45) is 39.6 Å². The molecule has 1 aromatic carbocycles. The van der Waals surface area contributed by atoms with Crippen LogP contribution in [0.25, 0.3) is 0 Å². The van der Waals surface area contributed by atoms with E-state index < -0.39 is 78.0 Å². The number of benzene rings is 1. The molecule has 0 saturated heterocycles. The molecule has 0 aliphatic rings. The first-order chi connectivity index (χ1) is 24.4. The molecule has 0 fully saturated rings. The van der Waals surface area contributed by atoms with Crippen LogP contribution in [-0.2, 0) is 40.0 Å². The number of hydrogen-bond donors (Lipinski definition) is 11. The lowest BCUT2D eigenvalue weighted by Crippen LogP contribution is -2.60. The third-order valence-corrected chi connectivity index (χ3v) is 7.63. The maximum Gasteiger partial charge on any atom is 0.243 e. The van der Waals surface area contributed by atoms with Crippen molar-refractivity contribution in [2.45, 2.75) is 102 Å². The highest BCUT2D eigenvalue weighted by Crippen LogP contribution is 2.13. The van der Waals surface area contributed by atoms with Gasteiger partial charge in [-0.05, 0) is 68.7 Å². The normalized spacial score (nSPS) is 13.7. The Kier molecular flexibility index (Phi) is 19.8. The molecular weight excluding hydrogens is 678 g/mol. The largest absolute Gasteiger partial charge is 0.508 e. The van der Waals surface area contributed by atoms with E-state index in [2.05, 4.69) is 31.6 Å². The van der Waals surface area contributed by atoms with Gasteiger partial charge in [0.15, 0.2) is 5.96 Å². The van der Waals surface area contributed by atoms with E-state index in [1.807, 2.05) is 0 Å². The molecule has 0 bridgehead atoms. The van der Waals surface area contributed by atoms with Gasteiger partial charge < -0.3 is 60.4 Å². The number of aromatic hydroxyl groups is 1. The fourth-order valence-corrected chi connectivity index (χ4v) is 5.07. The number of aliphatic imine (C=N–C) groups is 1. The van der Waals surface area contributed by atoms with Gasteiger partial charge in [-0.3, -0.25) is 38.6 Å². The minimum absolute atomic E-state index is 0.00849. The fraction of sp³-hybridized carbons (Fsp3) is 0.576. The topological polar surface area (TPSA) is 342 Å². The van der Waals surface area contributed by atoms with Crippen LogP contribution >= 0.6 is 0 Å². The number of rotatable bonds is 24. The second kappa shape index (κ2) is 23.1. The zero-order valence-corrected chi connectivity index (χ0v) is 30.0. The van der Waals surface area contributed by atoms with E-state index in [1.54, 1.807) is 13.8 Å². The first-order valence-electron chi connectivity index (χ1n) is 17.0. The lowest BCUT2D eigenvalue weighted by molar-refractivity contribution is -0.135. The molecule has 5 atom stereocenters. The molecule has 16 N–H and O–H groups in total. The van der Waals surface area contributed by atoms with E-state index in [9.17, 15) is 38.7 Å². The highest BCUT2D eigenvalue weighted by molar-refractivity contribution is 5.97. The van der Waals surface area contributed by atoms with Crippen LogP contribution in [0.1, 0.15) is 71.3 Å². The molecule has 0 spiro atoms. The van der Waals surface area contributed by atoms with Gasteiger partial charge in [-0.1, -0.05) is 26.0 Å². The Morgan fingerprint density at radius 3 is 1.71 bits per heavy atom. The van der Waals surface area contributed by atoms with E-state index in [1.165, 1.54) is 31.2 Å². The number of hydrogen-bond acceptors (Lipinski definition) is 10. The van der Waals surface area contributed by atoms with Crippen LogP contribution < -0.4 is 55.3 Å². The molecule has 0 radical (unpaired) electrons. The summed E-state index contributed by atoms with van der Waals surface area (Å²) in [7, 11) is 0. The van der Waals surface area contributed by atoms with Gasteiger partial charge in [-0.2, -0.15) is 0 Å². The third-order valence-electron chi connectivity index (χ3n) is 7.63. The standard InChI is InChI=1S/C33H55N11O8/c1-18(2)15-24(28(36)48)42-32(52)26(17-27(35)47)44-31(51)25(16-20-9-11-21(46)12-10-20)43-30(50)23(8-6-14-39-33(37)38)41-29(49)22(40-19(3)45)7-4-5-13-34/h9-12,18,22-26,46H,4-8,13-17,34H2,1-3H3,(H2,35,47)(H2,36,48)(H,40,45)(H,41,49)(H,42,52)(H,43,50)(H,44,51)(H4,37,38,39)/t22-,23-,24-,25-,26-/m0/s1. The molecule has 19 nitrogen and oxygen atoms in total. The number of carbonyl (C=O) groups is 7. The van der Waals surface area contributed by atoms with Crippen LogP contribution in [0.2, 0.25) is 0 Å². The van der Waals surface area contributed by atoms with Gasteiger partial charge in [0.2, 0.25) is 41.4 Å². The van der Waals surface area contributed by atoms with Crippen molar-refractivity contribution in [1.82, 2.24) is 26.6 Å². The minimum atomic E-state index is -1.56. The summed E-state index contributed by atoms with van der Waals surface area (Å²) in [4.78, 5) is 94.0. The average Bonchev–Trinajstić information content (AvgIpc) is 3.04. The van der Waals surface area contributed by atoms with E-state index in [0.29, 0.717) is 24.9 Å². The van der Waals surface area contributed by atoms with E-state index >= 15 is 0 Å². The summed E-state index contributed by atoms with van der Waals surface area (Å²) in [5.41, 5.74) is 27.7. The van der Waals surface area contributed by atoms with Crippen LogP contribution in [0.5, 0.6) is 5.75 Å². The number of phenolic OH excluding ortho intramolecular Hbond substituents is 1. The molecule has 19 heteroatoms. The van der Waals surface area contributed by atoms with E-state index in [0.717, 1.165) is 0 Å². The molecule has 0 aromatic heterocycles. The number of nitrogens with two attached hydrogens (primary N) is 5.